The summed E-state index contributed by atoms with van der Waals surface area (Å²) < 4.78 is 0.843. The summed E-state index contributed by atoms with van der Waals surface area (Å²) in [4.78, 5) is 14.3. The third kappa shape index (κ3) is 1.34. The van der Waals surface area contributed by atoms with Crippen molar-refractivity contribution in [2.75, 3.05) is 0 Å². The fraction of sp³-hybridized carbons (Fsp3) is 0. The lowest BCUT2D eigenvalue weighted by Crippen LogP contribution is -1.89. The van der Waals surface area contributed by atoms with Crippen molar-refractivity contribution >= 4 is 33.1 Å². The van der Waals surface area contributed by atoms with E-state index in [4.69, 9.17) is 11.7 Å². The highest BCUT2D eigenvalue weighted by Gasteiger charge is 2.07. The van der Waals surface area contributed by atoms with Gasteiger partial charge in [0.1, 0.15) is 4.88 Å². The van der Waals surface area contributed by atoms with Gasteiger partial charge in [-0.05, 0) is 17.5 Å². The smallest absolute Gasteiger partial charge is 0.345 e. The lowest BCUT2D eigenvalue weighted by molar-refractivity contribution is 0.0702. The Morgan fingerprint density at radius 1 is 1.43 bits per heavy atom. The van der Waals surface area contributed by atoms with Crippen LogP contribution in [0, 0.1) is 6.57 Å². The number of fused-ring (bicyclic) bond motifs is 1. The van der Waals surface area contributed by atoms with Crippen LogP contribution in [0.25, 0.3) is 14.9 Å². The second kappa shape index (κ2) is 3.13. The number of aromatic carboxylic acids is 1. The molecule has 0 spiro atoms. The van der Waals surface area contributed by atoms with Gasteiger partial charge in [0.05, 0.1) is 6.57 Å². The maximum Gasteiger partial charge on any atom is 0.345 e. The number of nitrogens with zero attached hydrogens (tertiary/aromatic N) is 1. The zero-order valence-electron chi connectivity index (χ0n) is 7.02. The van der Waals surface area contributed by atoms with Crippen LogP contribution in [0.4, 0.5) is 5.69 Å². The molecule has 0 amide bonds. The summed E-state index contributed by atoms with van der Waals surface area (Å²) in [5.74, 6) is -0.921. The predicted octanol–water partition coefficient (Wildman–Crippen LogP) is 3.15. The average molecular weight is 203 g/mol. The Kier molecular flexibility index (Phi) is 1.95. The maximum atomic E-state index is 10.7. The van der Waals surface area contributed by atoms with Gasteiger partial charge in [-0.3, -0.25) is 0 Å². The largest absolute Gasteiger partial charge is 0.477 e. The molecule has 3 nitrogen and oxygen atoms in total. The Morgan fingerprint density at radius 2 is 2.21 bits per heavy atom. The van der Waals surface area contributed by atoms with Gasteiger partial charge in [0.15, 0.2) is 5.69 Å². The van der Waals surface area contributed by atoms with Crippen molar-refractivity contribution in [3.63, 3.8) is 0 Å². The second-order valence-electron chi connectivity index (χ2n) is 2.75. The number of benzene rings is 1. The fourth-order valence-corrected chi connectivity index (χ4v) is 2.13. The molecule has 0 unspecified atom stereocenters. The van der Waals surface area contributed by atoms with Gasteiger partial charge in [-0.2, -0.15) is 0 Å². The number of carbonyl (C=O) groups is 1. The van der Waals surface area contributed by atoms with Crippen LogP contribution in [0.3, 0.4) is 0 Å². The van der Waals surface area contributed by atoms with Crippen molar-refractivity contribution in [1.82, 2.24) is 0 Å². The van der Waals surface area contributed by atoms with Crippen molar-refractivity contribution in [2.45, 2.75) is 0 Å². The first kappa shape index (κ1) is 8.73. The van der Waals surface area contributed by atoms with E-state index in [1.165, 1.54) is 11.3 Å². The molecule has 1 heterocycles. The molecule has 0 aliphatic heterocycles. The highest BCUT2D eigenvalue weighted by molar-refractivity contribution is 7.20. The van der Waals surface area contributed by atoms with Crippen molar-refractivity contribution < 1.29 is 9.90 Å². The van der Waals surface area contributed by atoms with Crippen molar-refractivity contribution in [2.24, 2.45) is 0 Å². The van der Waals surface area contributed by atoms with E-state index in [0.29, 0.717) is 10.6 Å². The molecule has 0 bridgehead atoms. The van der Waals surface area contributed by atoms with E-state index in [1.807, 2.05) is 0 Å². The number of hydrogen-bond acceptors (Lipinski definition) is 2. The van der Waals surface area contributed by atoms with Crippen LogP contribution in [-0.2, 0) is 0 Å². The summed E-state index contributed by atoms with van der Waals surface area (Å²) >= 11 is 1.19. The van der Waals surface area contributed by atoms with Crippen LogP contribution < -0.4 is 0 Å². The van der Waals surface area contributed by atoms with Gasteiger partial charge in [-0.25, -0.2) is 9.64 Å². The minimum absolute atomic E-state index is 0.308. The Balaban J connectivity index is 2.67. The van der Waals surface area contributed by atoms with Gasteiger partial charge in [0.25, 0.3) is 0 Å². The summed E-state index contributed by atoms with van der Waals surface area (Å²) in [6, 6.07) is 6.79. The zero-order valence-corrected chi connectivity index (χ0v) is 7.84. The standard InChI is InChI=1S/C10H5NO2S/c1-11-7-3-2-6-4-9(10(12)13)14-8(6)5-7/h2-5H,(H,12,13). The van der Waals surface area contributed by atoms with Gasteiger partial charge in [-0.1, -0.05) is 12.1 Å². The fourth-order valence-electron chi connectivity index (χ4n) is 1.19. The number of rotatable bonds is 1. The first-order valence-electron chi connectivity index (χ1n) is 3.85. The van der Waals surface area contributed by atoms with Gasteiger partial charge >= 0.3 is 5.97 Å². The van der Waals surface area contributed by atoms with E-state index in [-0.39, 0.29) is 0 Å². The highest BCUT2D eigenvalue weighted by Crippen LogP contribution is 2.29. The van der Waals surface area contributed by atoms with E-state index in [0.717, 1.165) is 10.1 Å². The monoisotopic (exact) mass is 203 g/mol. The third-order valence-electron chi connectivity index (χ3n) is 1.84. The van der Waals surface area contributed by atoms with E-state index >= 15 is 0 Å². The van der Waals surface area contributed by atoms with Gasteiger partial charge in [-0.15, -0.1) is 11.3 Å². The van der Waals surface area contributed by atoms with Crippen molar-refractivity contribution in [1.29, 1.82) is 0 Å². The number of thiophene rings is 1. The van der Waals surface area contributed by atoms with E-state index in [9.17, 15) is 4.79 Å². The van der Waals surface area contributed by atoms with Crippen LogP contribution in [0.15, 0.2) is 24.3 Å². The number of carboxylic acid groups (broad SMARTS) is 1. The van der Waals surface area contributed by atoms with Crippen molar-refractivity contribution in [3.05, 3.63) is 40.6 Å². The van der Waals surface area contributed by atoms with Crippen LogP contribution in [-0.4, -0.2) is 11.1 Å². The van der Waals surface area contributed by atoms with Crippen LogP contribution in [0.5, 0.6) is 0 Å². The molecule has 1 aromatic carbocycles. The molecule has 0 fully saturated rings. The molecule has 1 N–H and O–H groups in total. The molecular formula is C10H5NO2S. The Morgan fingerprint density at radius 3 is 2.86 bits per heavy atom. The highest BCUT2D eigenvalue weighted by atomic mass is 32.1. The maximum absolute atomic E-state index is 10.7. The molecule has 0 atom stereocenters. The van der Waals surface area contributed by atoms with Crippen LogP contribution >= 0.6 is 11.3 Å². The summed E-state index contributed by atoms with van der Waals surface area (Å²) in [6.07, 6.45) is 0. The Bertz CT molecular complexity index is 551. The SMILES string of the molecule is [C-]#[N+]c1ccc2cc(C(=O)O)sc2c1. The Hall–Kier alpha value is -1.86. The van der Waals surface area contributed by atoms with Crippen LogP contribution in [0.1, 0.15) is 9.67 Å². The molecular weight excluding hydrogens is 198 g/mol. The molecule has 0 aliphatic carbocycles. The first-order chi connectivity index (χ1) is 6.70. The van der Waals surface area contributed by atoms with Crippen LogP contribution in [0.2, 0.25) is 0 Å². The Labute approximate surface area is 84.0 Å². The normalized spacial score (nSPS) is 9.93. The molecule has 1 aromatic heterocycles. The molecule has 2 aromatic rings. The summed E-state index contributed by atoms with van der Waals surface area (Å²) in [6.45, 7) is 6.82. The zero-order chi connectivity index (χ0) is 10.1. The molecule has 2 rings (SSSR count). The van der Waals surface area contributed by atoms with E-state index < -0.39 is 5.97 Å². The molecule has 68 valence electrons. The second-order valence-corrected chi connectivity index (χ2v) is 3.83. The molecule has 0 saturated carbocycles. The average Bonchev–Trinajstić information content (AvgIpc) is 2.59. The van der Waals surface area contributed by atoms with E-state index in [2.05, 4.69) is 4.85 Å². The minimum atomic E-state index is -0.921. The van der Waals surface area contributed by atoms with Gasteiger partial charge in [0.2, 0.25) is 0 Å². The predicted molar refractivity (Wildman–Crippen MR) is 55.0 cm³/mol. The topological polar surface area (TPSA) is 41.7 Å². The van der Waals surface area contributed by atoms with E-state index in [1.54, 1.807) is 24.3 Å². The quantitative estimate of drug-likeness (QED) is 0.723. The molecule has 14 heavy (non-hydrogen) atoms. The molecule has 4 heteroatoms. The lowest BCUT2D eigenvalue weighted by atomic mass is 10.2. The third-order valence-corrected chi connectivity index (χ3v) is 2.93. The molecule has 0 aliphatic rings. The van der Waals surface area contributed by atoms with Gasteiger partial charge in [0, 0.05) is 4.70 Å². The summed E-state index contributed by atoms with van der Waals surface area (Å²) in [5, 5.41) is 9.64. The first-order valence-corrected chi connectivity index (χ1v) is 4.67. The molecule has 0 radical (unpaired) electrons. The number of carboxylic acids is 1. The van der Waals surface area contributed by atoms with Gasteiger partial charge < -0.3 is 5.11 Å². The molecule has 0 saturated heterocycles. The minimum Gasteiger partial charge on any atom is -0.477 e. The summed E-state index contributed by atoms with van der Waals surface area (Å²) in [7, 11) is 0. The summed E-state index contributed by atoms with van der Waals surface area (Å²) in [5.41, 5.74) is 0.538. The van der Waals surface area contributed by atoms with Crippen molar-refractivity contribution in [3.8, 4) is 0 Å². The lowest BCUT2D eigenvalue weighted by Gasteiger charge is -1.88. The number of hydrogen-bond donors (Lipinski definition) is 1.